The molecule has 0 atom stereocenters. The van der Waals surface area contributed by atoms with Gasteiger partial charge in [0.25, 0.3) is 11.5 Å². The number of nitrogens with one attached hydrogen (secondary N) is 2. The van der Waals surface area contributed by atoms with Crippen LogP contribution in [-0.4, -0.2) is 32.3 Å². The fourth-order valence-electron chi connectivity index (χ4n) is 2.99. The SMILES string of the molecule is Nc1nc2c(c(=O)[nH]1)CCN(C(=O)c1cc3ccccc3[nH]1)C2. The number of H-pyrrole nitrogens is 2. The number of nitrogens with two attached hydrogens (primary N) is 1. The summed E-state index contributed by atoms with van der Waals surface area (Å²) >= 11 is 0. The molecule has 7 nitrogen and oxygen atoms in total. The van der Waals surface area contributed by atoms with E-state index in [1.807, 2.05) is 30.3 Å². The van der Waals surface area contributed by atoms with Gasteiger partial charge in [0, 0.05) is 23.0 Å². The van der Waals surface area contributed by atoms with Crippen molar-refractivity contribution in [2.24, 2.45) is 0 Å². The Bertz CT molecular complexity index is 939. The average Bonchev–Trinajstić information content (AvgIpc) is 2.97. The molecule has 116 valence electrons. The molecule has 1 aliphatic heterocycles. The highest BCUT2D eigenvalue weighted by Crippen LogP contribution is 2.19. The zero-order chi connectivity index (χ0) is 16.0. The highest BCUT2D eigenvalue weighted by atomic mass is 16.2. The number of amides is 1. The van der Waals surface area contributed by atoms with Crippen molar-refractivity contribution in [3.05, 3.63) is 57.6 Å². The molecule has 7 heteroatoms. The maximum atomic E-state index is 12.7. The summed E-state index contributed by atoms with van der Waals surface area (Å²) in [4.78, 5) is 36.0. The Hall–Kier alpha value is -3.09. The fourth-order valence-corrected chi connectivity index (χ4v) is 2.99. The summed E-state index contributed by atoms with van der Waals surface area (Å²) in [6.45, 7) is 0.771. The van der Waals surface area contributed by atoms with Crippen LogP contribution in [0, 0.1) is 0 Å². The molecule has 1 aliphatic rings. The number of para-hydroxylation sites is 1. The van der Waals surface area contributed by atoms with E-state index in [4.69, 9.17) is 5.73 Å². The lowest BCUT2D eigenvalue weighted by atomic mass is 10.1. The Morgan fingerprint density at radius 3 is 2.91 bits per heavy atom. The van der Waals surface area contributed by atoms with Crippen LogP contribution in [-0.2, 0) is 13.0 Å². The van der Waals surface area contributed by atoms with Crippen molar-refractivity contribution < 1.29 is 4.79 Å². The van der Waals surface area contributed by atoms with Crippen LogP contribution >= 0.6 is 0 Å². The van der Waals surface area contributed by atoms with Gasteiger partial charge in [0.05, 0.1) is 12.2 Å². The molecule has 3 heterocycles. The van der Waals surface area contributed by atoms with E-state index >= 15 is 0 Å². The van der Waals surface area contributed by atoms with E-state index in [1.54, 1.807) is 4.90 Å². The standard InChI is InChI=1S/C16H15N5O2/c17-16-19-13-8-21(6-5-10(13)14(22)20-16)15(23)12-7-9-3-1-2-4-11(9)18-12/h1-4,7,18H,5-6,8H2,(H3,17,19,20,22). The van der Waals surface area contributed by atoms with Crippen LogP contribution in [0.15, 0.2) is 35.1 Å². The van der Waals surface area contributed by atoms with Gasteiger partial charge in [0.15, 0.2) is 0 Å². The smallest absolute Gasteiger partial charge is 0.270 e. The van der Waals surface area contributed by atoms with E-state index in [2.05, 4.69) is 15.0 Å². The molecule has 0 saturated heterocycles. The number of nitrogens with zero attached hydrogens (tertiary/aromatic N) is 2. The van der Waals surface area contributed by atoms with Gasteiger partial charge in [0.2, 0.25) is 5.95 Å². The predicted octanol–water partition coefficient (Wildman–Crippen LogP) is 1.03. The molecular weight excluding hydrogens is 294 g/mol. The number of benzene rings is 1. The second-order valence-electron chi connectivity index (χ2n) is 5.62. The van der Waals surface area contributed by atoms with Gasteiger partial charge in [-0.2, -0.15) is 0 Å². The van der Waals surface area contributed by atoms with E-state index in [-0.39, 0.29) is 24.0 Å². The molecule has 1 amide bonds. The first kappa shape index (κ1) is 13.6. The number of nitrogen functional groups attached to an aromatic ring is 1. The van der Waals surface area contributed by atoms with Crippen molar-refractivity contribution in [2.45, 2.75) is 13.0 Å². The van der Waals surface area contributed by atoms with Crippen molar-refractivity contribution in [3.63, 3.8) is 0 Å². The molecule has 4 N–H and O–H groups in total. The first-order valence-corrected chi connectivity index (χ1v) is 7.36. The number of hydrogen-bond donors (Lipinski definition) is 3. The van der Waals surface area contributed by atoms with Crippen molar-refractivity contribution in [1.29, 1.82) is 0 Å². The molecular formula is C16H15N5O2. The molecule has 4 rings (SSSR count). The van der Waals surface area contributed by atoms with E-state index in [0.717, 1.165) is 10.9 Å². The lowest BCUT2D eigenvalue weighted by Crippen LogP contribution is -2.39. The minimum absolute atomic E-state index is 0.0775. The maximum absolute atomic E-state index is 12.7. The Balaban J connectivity index is 1.66. The summed E-state index contributed by atoms with van der Waals surface area (Å²) < 4.78 is 0. The van der Waals surface area contributed by atoms with Gasteiger partial charge < -0.3 is 15.6 Å². The second-order valence-corrected chi connectivity index (χ2v) is 5.62. The molecule has 0 saturated carbocycles. The number of carbonyl (C=O) groups is 1. The van der Waals surface area contributed by atoms with Gasteiger partial charge in [-0.15, -0.1) is 0 Å². The van der Waals surface area contributed by atoms with Crippen LogP contribution in [0.2, 0.25) is 0 Å². The Kier molecular flexibility index (Phi) is 2.94. The summed E-state index contributed by atoms with van der Waals surface area (Å²) in [7, 11) is 0. The molecule has 0 radical (unpaired) electrons. The van der Waals surface area contributed by atoms with Crippen LogP contribution in [0.25, 0.3) is 10.9 Å². The van der Waals surface area contributed by atoms with Crippen molar-refractivity contribution >= 4 is 22.8 Å². The van der Waals surface area contributed by atoms with Gasteiger partial charge in [-0.1, -0.05) is 18.2 Å². The van der Waals surface area contributed by atoms with Crippen LogP contribution < -0.4 is 11.3 Å². The van der Waals surface area contributed by atoms with E-state index in [9.17, 15) is 9.59 Å². The third-order valence-electron chi connectivity index (χ3n) is 4.14. The number of fused-ring (bicyclic) bond motifs is 2. The third kappa shape index (κ3) is 2.26. The Labute approximate surface area is 131 Å². The number of hydrogen-bond acceptors (Lipinski definition) is 4. The van der Waals surface area contributed by atoms with Crippen LogP contribution in [0.1, 0.15) is 21.7 Å². The third-order valence-corrected chi connectivity index (χ3v) is 4.14. The minimum atomic E-state index is -0.217. The molecule has 2 aromatic heterocycles. The highest BCUT2D eigenvalue weighted by molar-refractivity contribution is 5.98. The van der Waals surface area contributed by atoms with Crippen LogP contribution in [0.3, 0.4) is 0 Å². The zero-order valence-electron chi connectivity index (χ0n) is 12.3. The van der Waals surface area contributed by atoms with Gasteiger partial charge in [-0.3, -0.25) is 14.6 Å². The molecule has 23 heavy (non-hydrogen) atoms. The molecule has 3 aromatic rings. The number of anilines is 1. The van der Waals surface area contributed by atoms with Gasteiger partial charge in [-0.05, 0) is 18.6 Å². The Morgan fingerprint density at radius 1 is 1.26 bits per heavy atom. The quantitative estimate of drug-likeness (QED) is 0.624. The van der Waals surface area contributed by atoms with Crippen molar-refractivity contribution in [2.75, 3.05) is 12.3 Å². The zero-order valence-corrected chi connectivity index (χ0v) is 12.3. The normalized spacial score (nSPS) is 14.0. The van der Waals surface area contributed by atoms with Crippen molar-refractivity contribution in [1.82, 2.24) is 19.9 Å². The number of aromatic amines is 2. The Morgan fingerprint density at radius 2 is 2.09 bits per heavy atom. The van der Waals surface area contributed by atoms with Gasteiger partial charge in [0.1, 0.15) is 5.69 Å². The number of carbonyl (C=O) groups excluding carboxylic acids is 1. The molecule has 0 aliphatic carbocycles. The monoisotopic (exact) mass is 309 g/mol. The van der Waals surface area contributed by atoms with E-state index in [0.29, 0.717) is 29.9 Å². The maximum Gasteiger partial charge on any atom is 0.270 e. The summed E-state index contributed by atoms with van der Waals surface area (Å²) in [5, 5.41) is 0.993. The van der Waals surface area contributed by atoms with Crippen LogP contribution in [0.4, 0.5) is 5.95 Å². The first-order chi connectivity index (χ1) is 11.1. The molecule has 1 aromatic carbocycles. The summed E-state index contributed by atoms with van der Waals surface area (Å²) in [5.74, 6) is -0.0267. The second kappa shape index (κ2) is 4.98. The summed E-state index contributed by atoms with van der Waals surface area (Å²) in [6, 6.07) is 9.58. The molecule has 0 bridgehead atoms. The van der Waals surface area contributed by atoms with Gasteiger partial charge in [-0.25, -0.2) is 4.98 Å². The summed E-state index contributed by atoms with van der Waals surface area (Å²) in [6.07, 6.45) is 0.476. The number of rotatable bonds is 1. The lowest BCUT2D eigenvalue weighted by Gasteiger charge is -2.27. The minimum Gasteiger partial charge on any atom is -0.369 e. The highest BCUT2D eigenvalue weighted by Gasteiger charge is 2.25. The number of aromatic nitrogens is 3. The van der Waals surface area contributed by atoms with Gasteiger partial charge >= 0.3 is 0 Å². The molecule has 0 fully saturated rings. The predicted molar refractivity (Wildman–Crippen MR) is 86.0 cm³/mol. The summed E-state index contributed by atoms with van der Waals surface area (Å²) in [5.41, 5.74) is 8.01. The molecule has 0 spiro atoms. The molecule has 0 unspecified atom stereocenters. The largest absolute Gasteiger partial charge is 0.369 e. The van der Waals surface area contributed by atoms with Crippen LogP contribution in [0.5, 0.6) is 0 Å². The first-order valence-electron chi connectivity index (χ1n) is 7.36. The van der Waals surface area contributed by atoms with E-state index < -0.39 is 0 Å². The lowest BCUT2D eigenvalue weighted by molar-refractivity contribution is 0.0726. The average molecular weight is 309 g/mol. The van der Waals surface area contributed by atoms with E-state index in [1.165, 1.54) is 0 Å². The fraction of sp³-hybridized carbons (Fsp3) is 0.188. The van der Waals surface area contributed by atoms with Crippen molar-refractivity contribution in [3.8, 4) is 0 Å². The topological polar surface area (TPSA) is 108 Å².